The summed E-state index contributed by atoms with van der Waals surface area (Å²) < 4.78 is 2.13. The molecule has 1 atom stereocenters. The third-order valence-corrected chi connectivity index (χ3v) is 4.45. The number of benzene rings is 1. The molecule has 134 valence electrons. The molecule has 0 bridgehead atoms. The zero-order chi connectivity index (χ0) is 18.6. The molecule has 1 aromatic heterocycles. The SMILES string of the molecule is CCn1c(C)cc(C(=O)C[NH+](C)CC(=O)Nc2ccc(C)cc2)c1C. The number of hydrogen-bond donors (Lipinski definition) is 2. The van der Waals surface area contributed by atoms with Crippen LogP contribution >= 0.6 is 0 Å². The predicted molar refractivity (Wildman–Crippen MR) is 100 cm³/mol. The molecule has 2 aromatic rings. The number of carbonyl (C=O) groups excluding carboxylic acids is 2. The van der Waals surface area contributed by atoms with Gasteiger partial charge in [0.05, 0.1) is 7.05 Å². The molecule has 1 unspecified atom stereocenters. The van der Waals surface area contributed by atoms with Crippen LogP contribution in [0.3, 0.4) is 0 Å². The van der Waals surface area contributed by atoms with Crippen LogP contribution in [-0.4, -0.2) is 36.4 Å². The second-order valence-corrected chi connectivity index (χ2v) is 6.68. The minimum Gasteiger partial charge on any atom is -0.349 e. The van der Waals surface area contributed by atoms with Crippen molar-refractivity contribution in [1.29, 1.82) is 0 Å². The lowest BCUT2D eigenvalue weighted by Gasteiger charge is -2.13. The molecule has 5 nitrogen and oxygen atoms in total. The number of nitrogens with zero attached hydrogens (tertiary/aromatic N) is 1. The zero-order valence-corrected chi connectivity index (χ0v) is 15.8. The fourth-order valence-corrected chi connectivity index (χ4v) is 3.12. The van der Waals surface area contributed by atoms with Crippen LogP contribution in [0.5, 0.6) is 0 Å². The number of ketones is 1. The van der Waals surface area contributed by atoms with Crippen molar-refractivity contribution in [3.8, 4) is 0 Å². The van der Waals surface area contributed by atoms with Crippen molar-refractivity contribution in [2.45, 2.75) is 34.2 Å². The van der Waals surface area contributed by atoms with Crippen molar-refractivity contribution >= 4 is 17.4 Å². The summed E-state index contributed by atoms with van der Waals surface area (Å²) in [6, 6.07) is 9.62. The summed E-state index contributed by atoms with van der Waals surface area (Å²) in [7, 11) is 1.87. The standard InChI is InChI=1S/C20H27N3O2/c1-6-23-15(3)11-18(16(23)4)19(24)12-22(5)13-20(25)21-17-9-7-14(2)8-10-17/h7-11H,6,12-13H2,1-5H3,(H,21,25)/p+1. The van der Waals surface area contributed by atoms with Gasteiger partial charge in [-0.3, -0.25) is 9.59 Å². The van der Waals surface area contributed by atoms with Gasteiger partial charge in [0.1, 0.15) is 6.54 Å². The first-order valence-corrected chi connectivity index (χ1v) is 8.69. The second-order valence-electron chi connectivity index (χ2n) is 6.68. The highest BCUT2D eigenvalue weighted by molar-refractivity contribution is 5.98. The van der Waals surface area contributed by atoms with Crippen molar-refractivity contribution in [2.24, 2.45) is 0 Å². The van der Waals surface area contributed by atoms with E-state index in [0.29, 0.717) is 6.54 Å². The quantitative estimate of drug-likeness (QED) is 0.754. The molecule has 0 saturated carbocycles. The molecule has 0 spiro atoms. The van der Waals surface area contributed by atoms with Gasteiger partial charge in [0.25, 0.3) is 5.91 Å². The van der Waals surface area contributed by atoms with Crippen LogP contribution in [0.1, 0.15) is 34.2 Å². The molecule has 0 aliphatic carbocycles. The highest BCUT2D eigenvalue weighted by atomic mass is 16.2. The van der Waals surface area contributed by atoms with Crippen LogP contribution in [0, 0.1) is 20.8 Å². The molecule has 0 saturated heterocycles. The van der Waals surface area contributed by atoms with Gasteiger partial charge in [-0.15, -0.1) is 0 Å². The van der Waals surface area contributed by atoms with E-state index in [-0.39, 0.29) is 18.2 Å². The smallest absolute Gasteiger partial charge is 0.279 e. The first-order valence-electron chi connectivity index (χ1n) is 8.69. The van der Waals surface area contributed by atoms with E-state index in [9.17, 15) is 9.59 Å². The largest absolute Gasteiger partial charge is 0.349 e. The highest BCUT2D eigenvalue weighted by Crippen LogP contribution is 2.15. The molecule has 0 radical (unpaired) electrons. The molecular formula is C20H28N3O2+. The normalized spacial score (nSPS) is 12.0. The number of rotatable bonds is 7. The van der Waals surface area contributed by atoms with Gasteiger partial charge in [-0.05, 0) is 45.9 Å². The molecule has 2 rings (SSSR count). The van der Waals surface area contributed by atoms with E-state index < -0.39 is 0 Å². The number of likely N-dealkylation sites (N-methyl/N-ethyl adjacent to an activating group) is 1. The number of amides is 1. The molecule has 1 aromatic carbocycles. The van der Waals surface area contributed by atoms with Crippen LogP contribution in [0.25, 0.3) is 0 Å². The Labute approximate surface area is 149 Å². The third-order valence-electron chi connectivity index (χ3n) is 4.45. The van der Waals surface area contributed by atoms with Crippen LogP contribution < -0.4 is 10.2 Å². The average molecular weight is 342 g/mol. The maximum absolute atomic E-state index is 12.6. The lowest BCUT2D eigenvalue weighted by Crippen LogP contribution is -3.11. The Bertz CT molecular complexity index is 760. The molecule has 1 heterocycles. The number of hydrogen-bond acceptors (Lipinski definition) is 2. The Morgan fingerprint density at radius 2 is 1.72 bits per heavy atom. The summed E-state index contributed by atoms with van der Waals surface area (Å²) in [5, 5.41) is 2.87. The lowest BCUT2D eigenvalue weighted by molar-refractivity contribution is -0.861. The summed E-state index contributed by atoms with van der Waals surface area (Å²) >= 11 is 0. The number of aryl methyl sites for hydroxylation is 2. The Hall–Kier alpha value is -2.40. The Balaban J connectivity index is 1.93. The molecule has 1 amide bonds. The molecule has 0 fully saturated rings. The van der Waals surface area contributed by atoms with Crippen molar-refractivity contribution in [3.63, 3.8) is 0 Å². The van der Waals surface area contributed by atoms with Crippen molar-refractivity contribution < 1.29 is 14.5 Å². The van der Waals surface area contributed by atoms with Gasteiger partial charge in [-0.1, -0.05) is 17.7 Å². The van der Waals surface area contributed by atoms with Crippen molar-refractivity contribution in [2.75, 3.05) is 25.5 Å². The molecule has 0 aliphatic rings. The van der Waals surface area contributed by atoms with Gasteiger partial charge in [-0.2, -0.15) is 0 Å². The van der Waals surface area contributed by atoms with E-state index in [4.69, 9.17) is 0 Å². The van der Waals surface area contributed by atoms with E-state index in [2.05, 4.69) is 16.8 Å². The molecule has 2 N–H and O–H groups in total. The summed E-state index contributed by atoms with van der Waals surface area (Å²) in [6.45, 7) is 9.47. The van der Waals surface area contributed by atoms with Gasteiger partial charge in [0, 0.05) is 29.2 Å². The monoisotopic (exact) mass is 342 g/mol. The number of carbonyl (C=O) groups is 2. The number of nitrogens with one attached hydrogen (secondary N) is 2. The van der Waals surface area contributed by atoms with Crippen molar-refractivity contribution in [3.05, 3.63) is 52.8 Å². The maximum atomic E-state index is 12.6. The van der Waals surface area contributed by atoms with Gasteiger partial charge in [-0.25, -0.2) is 0 Å². The van der Waals surface area contributed by atoms with E-state index in [0.717, 1.165) is 39.6 Å². The van der Waals surface area contributed by atoms with Crippen LogP contribution in [0.2, 0.25) is 0 Å². The van der Waals surface area contributed by atoms with Gasteiger partial charge in [0.2, 0.25) is 5.78 Å². The number of quaternary nitrogens is 1. The van der Waals surface area contributed by atoms with E-state index in [1.54, 1.807) is 0 Å². The Morgan fingerprint density at radius 3 is 2.28 bits per heavy atom. The first-order chi connectivity index (χ1) is 11.8. The summed E-state index contributed by atoms with van der Waals surface area (Å²) in [4.78, 5) is 25.6. The second kappa shape index (κ2) is 8.12. The minimum absolute atomic E-state index is 0.0773. The van der Waals surface area contributed by atoms with E-state index >= 15 is 0 Å². The number of aromatic nitrogens is 1. The zero-order valence-electron chi connectivity index (χ0n) is 15.8. The first kappa shape index (κ1) is 18.9. The third kappa shape index (κ3) is 4.79. The topological polar surface area (TPSA) is 55.5 Å². The Kier molecular flexibility index (Phi) is 6.15. The van der Waals surface area contributed by atoms with Gasteiger partial charge >= 0.3 is 0 Å². The number of Topliss-reactive ketones (excluding diaryl/α,β-unsaturated/α-hetero) is 1. The summed E-state index contributed by atoms with van der Waals surface area (Å²) in [6.07, 6.45) is 0. The van der Waals surface area contributed by atoms with Crippen LogP contribution in [0.15, 0.2) is 30.3 Å². The van der Waals surface area contributed by atoms with E-state index in [1.807, 2.05) is 58.2 Å². The van der Waals surface area contributed by atoms with E-state index in [1.165, 1.54) is 0 Å². The van der Waals surface area contributed by atoms with Gasteiger partial charge in [0.15, 0.2) is 6.54 Å². The average Bonchev–Trinajstić information content (AvgIpc) is 2.83. The number of anilines is 1. The van der Waals surface area contributed by atoms with Crippen LogP contribution in [0.4, 0.5) is 5.69 Å². The van der Waals surface area contributed by atoms with Gasteiger partial charge < -0.3 is 14.8 Å². The molecule has 25 heavy (non-hydrogen) atoms. The van der Waals surface area contributed by atoms with Crippen molar-refractivity contribution in [1.82, 2.24) is 4.57 Å². The summed E-state index contributed by atoms with van der Waals surface area (Å²) in [5.41, 5.74) is 4.79. The fraction of sp³-hybridized carbons (Fsp3) is 0.400. The lowest BCUT2D eigenvalue weighted by atomic mass is 10.1. The highest BCUT2D eigenvalue weighted by Gasteiger charge is 2.20. The minimum atomic E-state index is -0.0896. The fourth-order valence-electron chi connectivity index (χ4n) is 3.12. The molecular weight excluding hydrogens is 314 g/mol. The predicted octanol–water partition coefficient (Wildman–Crippen LogP) is 1.77. The molecule has 5 heteroatoms. The van der Waals surface area contributed by atoms with Crippen LogP contribution in [-0.2, 0) is 11.3 Å². The maximum Gasteiger partial charge on any atom is 0.279 e. The molecule has 0 aliphatic heterocycles. The Morgan fingerprint density at radius 1 is 1.08 bits per heavy atom. The summed E-state index contributed by atoms with van der Waals surface area (Å²) in [5.74, 6) is -0.0124.